The van der Waals surface area contributed by atoms with Crippen molar-refractivity contribution in [3.8, 4) is 5.75 Å². The maximum Gasteiger partial charge on any atom is 0.235 e. The van der Waals surface area contributed by atoms with Gasteiger partial charge < -0.3 is 4.74 Å². The highest BCUT2D eigenvalue weighted by atomic mass is 32.1. The van der Waals surface area contributed by atoms with Gasteiger partial charge in [0.05, 0.1) is 0 Å². The zero-order chi connectivity index (χ0) is 15.5. The predicted octanol–water partition coefficient (Wildman–Crippen LogP) is 4.00. The van der Waals surface area contributed by atoms with Crippen molar-refractivity contribution in [1.29, 1.82) is 0 Å². The summed E-state index contributed by atoms with van der Waals surface area (Å²) >= 11 is 3.20. The largest absolute Gasteiger partial charge is 0.486 e. The van der Waals surface area contributed by atoms with E-state index in [2.05, 4.69) is 32.8 Å². The third-order valence-electron chi connectivity index (χ3n) is 3.12. The molecule has 114 valence electrons. The normalized spacial score (nSPS) is 11.5. The zero-order valence-electron chi connectivity index (χ0n) is 12.0. The molecule has 3 aromatic heterocycles. The SMILES string of the molecule is C(=Cc1nn2c(COc3ccccc3)nnc2s1)c1cccs1. The first-order chi connectivity index (χ1) is 11.4. The van der Waals surface area contributed by atoms with Gasteiger partial charge in [-0.3, -0.25) is 0 Å². The number of rotatable bonds is 5. The number of para-hydroxylation sites is 1. The monoisotopic (exact) mass is 340 g/mol. The Morgan fingerprint density at radius 2 is 1.96 bits per heavy atom. The Morgan fingerprint density at radius 3 is 2.78 bits per heavy atom. The van der Waals surface area contributed by atoms with Crippen molar-refractivity contribution in [2.75, 3.05) is 0 Å². The van der Waals surface area contributed by atoms with Gasteiger partial charge in [-0.25, -0.2) is 0 Å². The van der Waals surface area contributed by atoms with Gasteiger partial charge in [0.25, 0.3) is 0 Å². The molecule has 0 aliphatic rings. The van der Waals surface area contributed by atoms with Crippen LogP contribution in [0.5, 0.6) is 5.75 Å². The summed E-state index contributed by atoms with van der Waals surface area (Å²) in [4.78, 5) is 1.96. The van der Waals surface area contributed by atoms with Crippen LogP contribution in [0.2, 0.25) is 0 Å². The van der Waals surface area contributed by atoms with Crippen LogP contribution in [0.4, 0.5) is 0 Å². The van der Waals surface area contributed by atoms with Crippen LogP contribution < -0.4 is 4.74 Å². The number of aromatic nitrogens is 4. The second kappa shape index (κ2) is 6.31. The fraction of sp³-hybridized carbons (Fsp3) is 0.0625. The number of ether oxygens (including phenoxy) is 1. The highest BCUT2D eigenvalue weighted by Gasteiger charge is 2.11. The summed E-state index contributed by atoms with van der Waals surface area (Å²) in [5.74, 6) is 1.49. The number of hydrogen-bond donors (Lipinski definition) is 0. The molecule has 0 atom stereocenters. The van der Waals surface area contributed by atoms with E-state index in [1.165, 1.54) is 16.2 Å². The maximum atomic E-state index is 5.71. The first kappa shape index (κ1) is 14.1. The van der Waals surface area contributed by atoms with Crippen LogP contribution in [0, 0.1) is 0 Å². The van der Waals surface area contributed by atoms with Crippen molar-refractivity contribution in [3.63, 3.8) is 0 Å². The molecule has 0 bridgehead atoms. The third kappa shape index (κ3) is 3.15. The Morgan fingerprint density at radius 1 is 1.04 bits per heavy atom. The Labute approximate surface area is 140 Å². The van der Waals surface area contributed by atoms with Gasteiger partial charge in [0.1, 0.15) is 17.4 Å². The average Bonchev–Trinajstić information content (AvgIpc) is 3.29. The van der Waals surface area contributed by atoms with E-state index < -0.39 is 0 Å². The molecule has 1 aromatic carbocycles. The molecule has 4 aromatic rings. The van der Waals surface area contributed by atoms with Crippen molar-refractivity contribution in [3.05, 3.63) is 63.6 Å². The van der Waals surface area contributed by atoms with Gasteiger partial charge in [-0.05, 0) is 35.7 Å². The van der Waals surface area contributed by atoms with Crippen LogP contribution in [-0.2, 0) is 6.61 Å². The second-order valence-electron chi connectivity index (χ2n) is 4.70. The van der Waals surface area contributed by atoms with Crippen LogP contribution in [0.1, 0.15) is 15.7 Å². The highest BCUT2D eigenvalue weighted by molar-refractivity contribution is 7.17. The van der Waals surface area contributed by atoms with Crippen LogP contribution >= 0.6 is 22.7 Å². The quantitative estimate of drug-likeness (QED) is 0.551. The Kier molecular flexibility index (Phi) is 3.87. The number of nitrogens with zero attached hydrogens (tertiary/aromatic N) is 4. The molecule has 0 fully saturated rings. The fourth-order valence-corrected chi connectivity index (χ4v) is 3.41. The first-order valence-electron chi connectivity index (χ1n) is 6.99. The Hall–Kier alpha value is -2.51. The molecule has 0 saturated carbocycles. The summed E-state index contributed by atoms with van der Waals surface area (Å²) in [5, 5.41) is 15.8. The molecule has 0 aliphatic heterocycles. The van der Waals surface area contributed by atoms with E-state index in [4.69, 9.17) is 4.74 Å². The minimum atomic E-state index is 0.336. The van der Waals surface area contributed by atoms with Gasteiger partial charge in [-0.1, -0.05) is 35.6 Å². The van der Waals surface area contributed by atoms with Gasteiger partial charge in [0.15, 0.2) is 5.82 Å². The molecule has 0 saturated heterocycles. The molecular formula is C16H12N4OS2. The maximum absolute atomic E-state index is 5.71. The van der Waals surface area contributed by atoms with Crippen molar-refractivity contribution >= 4 is 39.8 Å². The van der Waals surface area contributed by atoms with Crippen LogP contribution in [0.25, 0.3) is 17.1 Å². The number of hydrogen-bond acceptors (Lipinski definition) is 6. The molecule has 7 heteroatoms. The lowest BCUT2D eigenvalue weighted by Gasteiger charge is -2.02. The number of benzene rings is 1. The lowest BCUT2D eigenvalue weighted by Crippen LogP contribution is -2.02. The zero-order valence-corrected chi connectivity index (χ0v) is 13.6. The van der Waals surface area contributed by atoms with E-state index in [0.29, 0.717) is 12.4 Å². The van der Waals surface area contributed by atoms with Gasteiger partial charge in [-0.2, -0.15) is 9.61 Å². The minimum absolute atomic E-state index is 0.336. The second-order valence-corrected chi connectivity index (χ2v) is 6.67. The molecule has 5 nitrogen and oxygen atoms in total. The van der Waals surface area contributed by atoms with Gasteiger partial charge in [-0.15, -0.1) is 21.5 Å². The molecule has 0 spiro atoms. The molecule has 0 radical (unpaired) electrons. The fourth-order valence-electron chi connectivity index (χ4n) is 2.03. The van der Waals surface area contributed by atoms with E-state index >= 15 is 0 Å². The third-order valence-corrected chi connectivity index (χ3v) is 4.82. The van der Waals surface area contributed by atoms with Gasteiger partial charge in [0.2, 0.25) is 4.96 Å². The van der Waals surface area contributed by atoms with E-state index in [9.17, 15) is 0 Å². The summed E-state index contributed by atoms with van der Waals surface area (Å²) in [7, 11) is 0. The summed E-state index contributed by atoms with van der Waals surface area (Å²) in [6.45, 7) is 0.336. The van der Waals surface area contributed by atoms with Crippen LogP contribution in [-0.4, -0.2) is 19.8 Å². The molecule has 23 heavy (non-hydrogen) atoms. The molecule has 0 aliphatic carbocycles. The summed E-state index contributed by atoms with van der Waals surface area (Å²) < 4.78 is 7.45. The predicted molar refractivity (Wildman–Crippen MR) is 92.7 cm³/mol. The van der Waals surface area contributed by atoms with Crippen molar-refractivity contribution < 1.29 is 4.74 Å². The average molecular weight is 340 g/mol. The molecule has 0 unspecified atom stereocenters. The number of thiophene rings is 1. The first-order valence-corrected chi connectivity index (χ1v) is 8.69. The van der Waals surface area contributed by atoms with Gasteiger partial charge in [0, 0.05) is 4.88 Å². The Balaban J connectivity index is 1.52. The molecule has 0 amide bonds. The van der Waals surface area contributed by atoms with E-state index in [0.717, 1.165) is 15.7 Å². The highest BCUT2D eigenvalue weighted by Crippen LogP contribution is 2.19. The van der Waals surface area contributed by atoms with E-state index in [1.807, 2.05) is 42.5 Å². The van der Waals surface area contributed by atoms with Crippen molar-refractivity contribution in [2.45, 2.75) is 6.61 Å². The molecule has 0 N–H and O–H groups in total. The van der Waals surface area contributed by atoms with E-state index in [-0.39, 0.29) is 0 Å². The van der Waals surface area contributed by atoms with Crippen molar-refractivity contribution in [1.82, 2.24) is 19.8 Å². The van der Waals surface area contributed by atoms with Crippen molar-refractivity contribution in [2.24, 2.45) is 0 Å². The van der Waals surface area contributed by atoms with Crippen LogP contribution in [0.15, 0.2) is 47.8 Å². The summed E-state index contributed by atoms with van der Waals surface area (Å²) in [6.07, 6.45) is 4.05. The molecular weight excluding hydrogens is 328 g/mol. The summed E-state index contributed by atoms with van der Waals surface area (Å²) in [5.41, 5.74) is 0. The topological polar surface area (TPSA) is 52.3 Å². The Bertz CT molecular complexity index is 926. The van der Waals surface area contributed by atoms with E-state index in [1.54, 1.807) is 15.9 Å². The standard InChI is InChI=1S/C16H12N4OS2/c1-2-5-12(6-3-1)21-11-14-17-18-16-20(14)19-15(23-16)9-8-13-7-4-10-22-13/h1-10H,11H2. The summed E-state index contributed by atoms with van der Waals surface area (Å²) in [6, 6.07) is 13.7. The minimum Gasteiger partial charge on any atom is -0.486 e. The lowest BCUT2D eigenvalue weighted by atomic mass is 10.3. The molecule has 3 heterocycles. The van der Waals surface area contributed by atoms with Crippen LogP contribution in [0.3, 0.4) is 0 Å². The molecule has 4 rings (SSSR count). The lowest BCUT2D eigenvalue weighted by molar-refractivity contribution is 0.292. The smallest absolute Gasteiger partial charge is 0.235 e. The number of fused-ring (bicyclic) bond motifs is 1. The van der Waals surface area contributed by atoms with Gasteiger partial charge >= 0.3 is 0 Å².